The summed E-state index contributed by atoms with van der Waals surface area (Å²) >= 11 is 0. The summed E-state index contributed by atoms with van der Waals surface area (Å²) in [6, 6.07) is 17.5. The Balaban J connectivity index is 1.68. The van der Waals surface area contributed by atoms with Gasteiger partial charge in [-0.15, -0.1) is 0 Å². The second-order valence-corrected chi connectivity index (χ2v) is 6.40. The van der Waals surface area contributed by atoms with E-state index in [1.165, 1.54) is 0 Å². The molecule has 2 aromatic rings. The van der Waals surface area contributed by atoms with Gasteiger partial charge in [-0.05, 0) is 29.8 Å². The van der Waals surface area contributed by atoms with Crippen LogP contribution in [0.25, 0.3) is 0 Å². The second-order valence-electron chi connectivity index (χ2n) is 6.40. The summed E-state index contributed by atoms with van der Waals surface area (Å²) in [7, 11) is 3.48. The Morgan fingerprint density at radius 3 is 2.58 bits per heavy atom. The number of guanidine groups is 1. The summed E-state index contributed by atoms with van der Waals surface area (Å²) < 4.78 is 5.14. The van der Waals surface area contributed by atoms with E-state index in [0.29, 0.717) is 18.9 Å². The van der Waals surface area contributed by atoms with Crippen LogP contribution in [-0.4, -0.2) is 37.5 Å². The van der Waals surface area contributed by atoms with Crippen LogP contribution in [0.4, 0.5) is 5.69 Å². The average molecular weight is 352 g/mol. The number of nitrogens with zero attached hydrogens (tertiary/aromatic N) is 2. The van der Waals surface area contributed by atoms with E-state index in [-0.39, 0.29) is 17.9 Å². The first-order chi connectivity index (χ1) is 12.6. The van der Waals surface area contributed by atoms with Crippen LogP contribution in [0.5, 0.6) is 5.75 Å². The number of nitrogens with one attached hydrogen (secondary N) is 1. The predicted molar refractivity (Wildman–Crippen MR) is 103 cm³/mol. The highest BCUT2D eigenvalue weighted by molar-refractivity contribution is 5.92. The van der Waals surface area contributed by atoms with Gasteiger partial charge in [0.25, 0.3) is 0 Å². The van der Waals surface area contributed by atoms with Gasteiger partial charge in [0.1, 0.15) is 5.75 Å². The minimum atomic E-state index is 0.0289. The molecule has 2 aromatic carbocycles. The van der Waals surface area contributed by atoms with Gasteiger partial charge < -0.3 is 20.7 Å². The molecule has 26 heavy (non-hydrogen) atoms. The summed E-state index contributed by atoms with van der Waals surface area (Å²) in [4.78, 5) is 18.5. The van der Waals surface area contributed by atoms with Crippen LogP contribution in [-0.2, 0) is 4.79 Å². The second kappa shape index (κ2) is 7.91. The SMILES string of the molecule is COc1ccc(NC(N)=NCC2CC(=O)N(C)C2c2ccccc2)cc1. The Labute approximate surface area is 153 Å². The molecule has 3 rings (SSSR count). The number of rotatable bonds is 5. The van der Waals surface area contributed by atoms with Gasteiger partial charge in [0.2, 0.25) is 5.91 Å². The number of amides is 1. The van der Waals surface area contributed by atoms with Gasteiger partial charge in [-0.2, -0.15) is 0 Å². The Bertz CT molecular complexity index is 774. The zero-order valence-electron chi connectivity index (χ0n) is 15.1. The van der Waals surface area contributed by atoms with Gasteiger partial charge in [-0.25, -0.2) is 0 Å². The van der Waals surface area contributed by atoms with Gasteiger partial charge in [0.05, 0.1) is 13.2 Å². The first-order valence-corrected chi connectivity index (χ1v) is 8.60. The number of nitrogens with two attached hydrogens (primary N) is 1. The van der Waals surface area contributed by atoms with Crippen LogP contribution in [0.3, 0.4) is 0 Å². The lowest BCUT2D eigenvalue weighted by Crippen LogP contribution is -2.26. The van der Waals surface area contributed by atoms with Crippen molar-refractivity contribution in [2.24, 2.45) is 16.6 Å². The molecule has 1 fully saturated rings. The first kappa shape index (κ1) is 17.8. The van der Waals surface area contributed by atoms with Gasteiger partial charge in [-0.3, -0.25) is 9.79 Å². The highest BCUT2D eigenvalue weighted by Gasteiger charge is 2.38. The molecule has 2 unspecified atom stereocenters. The van der Waals surface area contributed by atoms with Crippen LogP contribution in [0.2, 0.25) is 0 Å². The summed E-state index contributed by atoms with van der Waals surface area (Å²) in [5.74, 6) is 1.36. The van der Waals surface area contributed by atoms with E-state index < -0.39 is 0 Å². The average Bonchev–Trinajstić information content (AvgIpc) is 2.95. The van der Waals surface area contributed by atoms with Crippen molar-refractivity contribution in [1.82, 2.24) is 4.90 Å². The summed E-state index contributed by atoms with van der Waals surface area (Å²) in [5.41, 5.74) is 7.98. The summed E-state index contributed by atoms with van der Waals surface area (Å²) in [6.07, 6.45) is 0.482. The van der Waals surface area contributed by atoms with E-state index in [0.717, 1.165) is 17.0 Å². The van der Waals surface area contributed by atoms with E-state index in [1.54, 1.807) is 7.11 Å². The van der Waals surface area contributed by atoms with E-state index in [2.05, 4.69) is 22.4 Å². The number of carbonyl (C=O) groups excluding carboxylic acids is 1. The van der Waals surface area contributed by atoms with Crippen molar-refractivity contribution in [3.05, 3.63) is 60.2 Å². The molecule has 0 radical (unpaired) electrons. The summed E-state index contributed by atoms with van der Waals surface area (Å²) in [5, 5.41) is 3.07. The molecule has 3 N–H and O–H groups in total. The molecule has 6 heteroatoms. The topological polar surface area (TPSA) is 80.0 Å². The molecule has 1 amide bonds. The number of methoxy groups -OCH3 is 1. The van der Waals surface area contributed by atoms with Gasteiger partial charge in [0, 0.05) is 31.6 Å². The number of aliphatic imine (C=N–C) groups is 1. The van der Waals surface area contributed by atoms with Crippen molar-refractivity contribution in [3.8, 4) is 5.75 Å². The van der Waals surface area contributed by atoms with Crippen molar-refractivity contribution in [1.29, 1.82) is 0 Å². The van der Waals surface area contributed by atoms with Crippen molar-refractivity contribution in [3.63, 3.8) is 0 Å². The fourth-order valence-electron chi connectivity index (χ4n) is 3.34. The maximum atomic E-state index is 12.2. The molecule has 1 aliphatic rings. The maximum Gasteiger partial charge on any atom is 0.223 e. The van der Waals surface area contributed by atoms with Crippen molar-refractivity contribution in [2.75, 3.05) is 26.0 Å². The lowest BCUT2D eigenvalue weighted by atomic mass is 9.94. The van der Waals surface area contributed by atoms with Gasteiger partial charge in [0.15, 0.2) is 5.96 Å². The lowest BCUT2D eigenvalue weighted by Gasteiger charge is -2.24. The normalized spacial score (nSPS) is 20.3. The molecule has 1 heterocycles. The Kier molecular flexibility index (Phi) is 5.41. The number of ether oxygens (including phenoxy) is 1. The minimum Gasteiger partial charge on any atom is -0.497 e. The molecule has 0 bridgehead atoms. The maximum absolute atomic E-state index is 12.2. The molecule has 0 spiro atoms. The molecule has 2 atom stereocenters. The van der Waals surface area contributed by atoms with E-state index >= 15 is 0 Å². The molecular formula is C20H24N4O2. The molecule has 1 aliphatic heterocycles. The zero-order chi connectivity index (χ0) is 18.5. The number of hydrogen-bond acceptors (Lipinski definition) is 3. The van der Waals surface area contributed by atoms with Crippen LogP contribution in [0.1, 0.15) is 18.0 Å². The highest BCUT2D eigenvalue weighted by Crippen LogP contribution is 2.36. The number of benzene rings is 2. The van der Waals surface area contributed by atoms with Gasteiger partial charge >= 0.3 is 0 Å². The minimum absolute atomic E-state index is 0.0289. The highest BCUT2D eigenvalue weighted by atomic mass is 16.5. The molecule has 0 aromatic heterocycles. The molecule has 1 saturated heterocycles. The Morgan fingerprint density at radius 2 is 1.92 bits per heavy atom. The van der Waals surface area contributed by atoms with Crippen LogP contribution < -0.4 is 15.8 Å². The smallest absolute Gasteiger partial charge is 0.223 e. The first-order valence-electron chi connectivity index (χ1n) is 8.60. The lowest BCUT2D eigenvalue weighted by molar-refractivity contribution is -0.127. The van der Waals surface area contributed by atoms with Crippen LogP contribution >= 0.6 is 0 Å². The van der Waals surface area contributed by atoms with E-state index in [4.69, 9.17) is 10.5 Å². The fraction of sp³-hybridized carbons (Fsp3) is 0.300. The number of anilines is 1. The molecule has 0 aliphatic carbocycles. The van der Waals surface area contributed by atoms with E-state index in [1.807, 2.05) is 54.4 Å². The molecular weight excluding hydrogens is 328 g/mol. The van der Waals surface area contributed by atoms with Crippen LogP contribution in [0.15, 0.2) is 59.6 Å². The number of carbonyl (C=O) groups is 1. The zero-order valence-corrected chi connectivity index (χ0v) is 15.1. The van der Waals surface area contributed by atoms with Crippen molar-refractivity contribution >= 4 is 17.6 Å². The van der Waals surface area contributed by atoms with Crippen molar-refractivity contribution < 1.29 is 9.53 Å². The third-order valence-corrected chi connectivity index (χ3v) is 4.69. The predicted octanol–water partition coefficient (Wildman–Crippen LogP) is 2.64. The standard InChI is InChI=1S/C20H24N4O2/c1-24-18(25)12-15(19(24)14-6-4-3-5-7-14)13-22-20(21)23-16-8-10-17(26-2)11-9-16/h3-11,15,19H,12-13H2,1-2H3,(H3,21,22,23). The Morgan fingerprint density at radius 1 is 1.23 bits per heavy atom. The van der Waals surface area contributed by atoms with Crippen molar-refractivity contribution in [2.45, 2.75) is 12.5 Å². The molecule has 0 saturated carbocycles. The van der Waals surface area contributed by atoms with Gasteiger partial charge in [-0.1, -0.05) is 30.3 Å². The fourth-order valence-corrected chi connectivity index (χ4v) is 3.34. The van der Waals surface area contributed by atoms with Crippen LogP contribution in [0, 0.1) is 5.92 Å². The number of likely N-dealkylation sites (tertiary alicyclic amines) is 1. The molecule has 136 valence electrons. The molecule has 6 nitrogen and oxygen atoms in total. The third-order valence-electron chi connectivity index (χ3n) is 4.69. The largest absolute Gasteiger partial charge is 0.497 e. The third kappa shape index (κ3) is 3.96. The van der Waals surface area contributed by atoms with E-state index in [9.17, 15) is 4.79 Å². The monoisotopic (exact) mass is 352 g/mol. The summed E-state index contributed by atoms with van der Waals surface area (Å²) in [6.45, 7) is 0.491. The number of hydrogen-bond donors (Lipinski definition) is 2. The quantitative estimate of drug-likeness (QED) is 0.640. The Hall–Kier alpha value is -3.02.